The summed E-state index contributed by atoms with van der Waals surface area (Å²) in [6.07, 6.45) is 8.54. The lowest BCUT2D eigenvalue weighted by molar-refractivity contribution is 0.554. The summed E-state index contributed by atoms with van der Waals surface area (Å²) in [6.45, 7) is 5.70. The second kappa shape index (κ2) is 6.95. The number of benzene rings is 2. The standard InChI is InChI=1S/C25H25N3O2S/c1-17-7-6-13-25(3,16-17)31(29,30)28-14-12-20-19(11-10-18(2)24(20)28)15-23-26-21-8-4-5-9-22(21)27-23/h4-12,14,16H,13,15H2,1-3H3,(H,26,27). The molecule has 2 heterocycles. The third kappa shape index (κ3) is 3.13. The molecule has 0 saturated carbocycles. The fourth-order valence-electron chi connectivity index (χ4n) is 4.55. The van der Waals surface area contributed by atoms with Crippen LogP contribution >= 0.6 is 0 Å². The summed E-state index contributed by atoms with van der Waals surface area (Å²) >= 11 is 0. The molecule has 0 amide bonds. The Morgan fingerprint density at radius 3 is 2.71 bits per heavy atom. The van der Waals surface area contributed by atoms with Crippen LogP contribution in [0.5, 0.6) is 0 Å². The van der Waals surface area contributed by atoms with Gasteiger partial charge in [0.25, 0.3) is 0 Å². The van der Waals surface area contributed by atoms with Crippen molar-refractivity contribution in [2.45, 2.75) is 38.4 Å². The van der Waals surface area contributed by atoms with E-state index in [1.54, 1.807) is 13.1 Å². The predicted molar refractivity (Wildman–Crippen MR) is 126 cm³/mol. The summed E-state index contributed by atoms with van der Waals surface area (Å²) in [7, 11) is -3.64. The van der Waals surface area contributed by atoms with Crippen LogP contribution in [0.15, 0.2) is 72.5 Å². The van der Waals surface area contributed by atoms with Gasteiger partial charge in [-0.3, -0.25) is 0 Å². The number of fused-ring (bicyclic) bond motifs is 2. The molecular weight excluding hydrogens is 406 g/mol. The molecule has 1 aliphatic rings. The lowest BCUT2D eigenvalue weighted by atomic mass is 9.98. The molecule has 0 saturated heterocycles. The van der Waals surface area contributed by atoms with Crippen LogP contribution in [0.2, 0.25) is 0 Å². The maximum Gasteiger partial charge on any atom is 0.248 e. The monoisotopic (exact) mass is 431 g/mol. The Morgan fingerprint density at radius 1 is 1.13 bits per heavy atom. The fraction of sp³-hybridized carbons (Fsp3) is 0.240. The number of nitrogens with zero attached hydrogens (tertiary/aromatic N) is 2. The number of hydrogen-bond donors (Lipinski definition) is 1. The molecule has 0 spiro atoms. The number of allylic oxidation sites excluding steroid dienone is 3. The normalized spacial score (nSPS) is 19.3. The number of H-pyrrole nitrogens is 1. The van der Waals surface area contributed by atoms with E-state index in [0.717, 1.165) is 44.5 Å². The molecule has 158 valence electrons. The Hall–Kier alpha value is -3.12. The summed E-state index contributed by atoms with van der Waals surface area (Å²) in [6, 6.07) is 13.9. The number of hydrogen-bond acceptors (Lipinski definition) is 3. The molecule has 1 aliphatic carbocycles. The molecule has 1 atom stereocenters. The van der Waals surface area contributed by atoms with E-state index in [-0.39, 0.29) is 0 Å². The van der Waals surface area contributed by atoms with Crippen LogP contribution in [0, 0.1) is 6.92 Å². The van der Waals surface area contributed by atoms with Gasteiger partial charge >= 0.3 is 0 Å². The van der Waals surface area contributed by atoms with Gasteiger partial charge in [-0.15, -0.1) is 0 Å². The van der Waals surface area contributed by atoms with E-state index in [1.165, 1.54) is 3.97 Å². The minimum Gasteiger partial charge on any atom is -0.342 e. The van der Waals surface area contributed by atoms with Crippen LogP contribution in [-0.2, 0) is 16.4 Å². The Kier molecular flexibility index (Phi) is 4.45. The molecule has 2 aromatic heterocycles. The lowest BCUT2D eigenvalue weighted by Gasteiger charge is -2.28. The van der Waals surface area contributed by atoms with Crippen LogP contribution < -0.4 is 0 Å². The van der Waals surface area contributed by atoms with E-state index >= 15 is 0 Å². The van der Waals surface area contributed by atoms with Gasteiger partial charge in [0.1, 0.15) is 10.6 Å². The topological polar surface area (TPSA) is 67.8 Å². The Balaban J connectivity index is 1.62. The van der Waals surface area contributed by atoms with E-state index in [4.69, 9.17) is 0 Å². The summed E-state index contributed by atoms with van der Waals surface area (Å²) in [4.78, 5) is 8.06. The molecule has 1 N–H and O–H groups in total. The van der Waals surface area contributed by atoms with Gasteiger partial charge in [0.15, 0.2) is 0 Å². The molecule has 0 aliphatic heterocycles. The Labute approximate surface area is 182 Å². The number of aromatic nitrogens is 3. The zero-order valence-corrected chi connectivity index (χ0v) is 18.7. The van der Waals surface area contributed by atoms with Crippen LogP contribution in [0.25, 0.3) is 21.9 Å². The molecule has 31 heavy (non-hydrogen) atoms. The molecule has 0 bridgehead atoms. The van der Waals surface area contributed by atoms with Gasteiger partial charge in [0.05, 0.1) is 16.6 Å². The average molecular weight is 432 g/mol. The van der Waals surface area contributed by atoms with Gasteiger partial charge in [-0.1, -0.05) is 48.1 Å². The zero-order chi connectivity index (χ0) is 21.8. The molecule has 5 nitrogen and oxygen atoms in total. The van der Waals surface area contributed by atoms with Crippen molar-refractivity contribution in [3.8, 4) is 0 Å². The van der Waals surface area contributed by atoms with E-state index in [0.29, 0.717) is 12.8 Å². The average Bonchev–Trinajstić information content (AvgIpc) is 3.34. The van der Waals surface area contributed by atoms with Crippen molar-refractivity contribution in [1.82, 2.24) is 13.9 Å². The largest absolute Gasteiger partial charge is 0.342 e. The van der Waals surface area contributed by atoms with Gasteiger partial charge in [-0.2, -0.15) is 0 Å². The predicted octanol–water partition coefficient (Wildman–Crippen LogP) is 5.26. The number of aryl methyl sites for hydroxylation is 1. The van der Waals surface area contributed by atoms with Crippen molar-refractivity contribution in [1.29, 1.82) is 0 Å². The van der Waals surface area contributed by atoms with Crippen LogP contribution in [0.3, 0.4) is 0 Å². The van der Waals surface area contributed by atoms with E-state index in [9.17, 15) is 8.42 Å². The van der Waals surface area contributed by atoms with Crippen molar-refractivity contribution in [2.75, 3.05) is 0 Å². The zero-order valence-electron chi connectivity index (χ0n) is 17.9. The molecule has 1 unspecified atom stereocenters. The van der Waals surface area contributed by atoms with E-state index in [1.807, 2.05) is 68.5 Å². The van der Waals surface area contributed by atoms with E-state index < -0.39 is 14.8 Å². The number of rotatable bonds is 4. The third-order valence-electron chi connectivity index (χ3n) is 6.19. The van der Waals surface area contributed by atoms with Crippen LogP contribution in [0.4, 0.5) is 0 Å². The second-order valence-electron chi connectivity index (χ2n) is 8.61. The van der Waals surface area contributed by atoms with Crippen molar-refractivity contribution in [2.24, 2.45) is 0 Å². The molecule has 0 radical (unpaired) electrons. The van der Waals surface area contributed by atoms with Crippen LogP contribution in [-0.4, -0.2) is 27.1 Å². The second-order valence-corrected chi connectivity index (χ2v) is 10.9. The van der Waals surface area contributed by atoms with Gasteiger partial charge in [0, 0.05) is 18.0 Å². The minimum atomic E-state index is -3.64. The maximum absolute atomic E-state index is 13.7. The molecule has 0 fully saturated rings. The van der Waals surface area contributed by atoms with E-state index in [2.05, 4.69) is 16.0 Å². The Bertz CT molecular complexity index is 1450. The molecule has 6 heteroatoms. The molecule has 5 rings (SSSR count). The highest BCUT2D eigenvalue weighted by Crippen LogP contribution is 2.35. The van der Waals surface area contributed by atoms with Gasteiger partial charge in [-0.05, 0) is 56.5 Å². The molecule has 4 aromatic rings. The highest BCUT2D eigenvalue weighted by Gasteiger charge is 2.39. The number of aromatic amines is 1. The first-order valence-electron chi connectivity index (χ1n) is 10.4. The third-order valence-corrected chi connectivity index (χ3v) is 8.47. The molecule has 2 aromatic carbocycles. The first-order valence-corrected chi connectivity index (χ1v) is 11.9. The minimum absolute atomic E-state index is 0.462. The summed E-state index contributed by atoms with van der Waals surface area (Å²) in [5.41, 5.74) is 5.64. The quantitative estimate of drug-likeness (QED) is 0.479. The lowest BCUT2D eigenvalue weighted by Crippen LogP contribution is -2.38. The number of para-hydroxylation sites is 2. The Morgan fingerprint density at radius 2 is 1.94 bits per heavy atom. The van der Waals surface area contributed by atoms with Crippen molar-refractivity contribution < 1.29 is 8.42 Å². The number of nitrogens with one attached hydrogen (secondary N) is 1. The first-order chi connectivity index (χ1) is 14.8. The smallest absolute Gasteiger partial charge is 0.248 e. The van der Waals surface area contributed by atoms with Crippen molar-refractivity contribution >= 4 is 32.0 Å². The summed E-state index contributed by atoms with van der Waals surface area (Å²) in [5.74, 6) is 0.866. The maximum atomic E-state index is 13.7. The number of imidazole rings is 1. The van der Waals surface area contributed by atoms with Gasteiger partial charge < -0.3 is 4.98 Å². The van der Waals surface area contributed by atoms with Gasteiger partial charge in [0.2, 0.25) is 10.0 Å². The summed E-state index contributed by atoms with van der Waals surface area (Å²) in [5, 5.41) is 0.944. The first kappa shape index (κ1) is 19.8. The fourth-order valence-corrected chi connectivity index (χ4v) is 6.35. The summed E-state index contributed by atoms with van der Waals surface area (Å²) < 4.78 is 28.0. The van der Waals surface area contributed by atoms with Gasteiger partial charge in [-0.25, -0.2) is 17.4 Å². The molecular formula is C25H25N3O2S. The van der Waals surface area contributed by atoms with Crippen molar-refractivity contribution in [3.63, 3.8) is 0 Å². The highest BCUT2D eigenvalue weighted by atomic mass is 32.2. The highest BCUT2D eigenvalue weighted by molar-refractivity contribution is 7.91. The van der Waals surface area contributed by atoms with Crippen molar-refractivity contribution in [3.05, 3.63) is 89.4 Å². The SMILES string of the molecule is CC1=CC(C)(S(=O)(=O)n2ccc3c(Cc4nc5ccccc5[nH]4)ccc(C)c32)CC=C1. The van der Waals surface area contributed by atoms with Crippen LogP contribution in [0.1, 0.15) is 37.2 Å².